The number of aliphatic hydroxyl groups excluding tert-OH is 1. The average molecular weight is 219 g/mol. The highest BCUT2D eigenvalue weighted by atomic mass is 16.5. The molecule has 0 heterocycles. The van der Waals surface area contributed by atoms with Gasteiger partial charge in [0.15, 0.2) is 0 Å². The third-order valence-electron chi connectivity index (χ3n) is 2.03. The molecular weight excluding hydrogens is 198 g/mol. The number of aliphatic hydroxyl groups is 1. The minimum absolute atomic E-state index is 0.0622. The third-order valence-corrected chi connectivity index (χ3v) is 2.03. The number of nitrogens with one attached hydrogen (secondary N) is 1. The Hall–Kier alpha value is -0.650. The Kier molecular flexibility index (Phi) is 8.27. The number of esters is 1. The van der Waals surface area contributed by atoms with Gasteiger partial charge in [0.1, 0.15) is 0 Å². The fourth-order valence-corrected chi connectivity index (χ4v) is 1.18. The minimum Gasteiger partial charge on any atom is -0.469 e. The molecule has 0 aliphatic heterocycles. The summed E-state index contributed by atoms with van der Waals surface area (Å²) in [5.74, 6) is -0.229. The summed E-state index contributed by atoms with van der Waals surface area (Å²) < 4.78 is 9.33. The van der Waals surface area contributed by atoms with E-state index in [-0.39, 0.29) is 12.0 Å². The summed E-state index contributed by atoms with van der Waals surface area (Å²) in [6.07, 6.45) is 0.504. The van der Waals surface area contributed by atoms with E-state index in [1.807, 2.05) is 6.92 Å². The van der Waals surface area contributed by atoms with Crippen LogP contribution in [0.2, 0.25) is 0 Å². The first kappa shape index (κ1) is 14.3. The van der Waals surface area contributed by atoms with Gasteiger partial charge < -0.3 is 19.9 Å². The van der Waals surface area contributed by atoms with E-state index in [4.69, 9.17) is 4.74 Å². The monoisotopic (exact) mass is 219 g/mol. The smallest absolute Gasteiger partial charge is 0.307 e. The Morgan fingerprint density at radius 2 is 2.13 bits per heavy atom. The summed E-state index contributed by atoms with van der Waals surface area (Å²) >= 11 is 0. The van der Waals surface area contributed by atoms with Crippen LogP contribution in [-0.2, 0) is 14.3 Å². The van der Waals surface area contributed by atoms with Crippen molar-refractivity contribution in [2.24, 2.45) is 0 Å². The number of hydrogen-bond donors (Lipinski definition) is 2. The minimum atomic E-state index is -0.451. The van der Waals surface area contributed by atoms with Crippen molar-refractivity contribution < 1.29 is 19.4 Å². The second-order valence-corrected chi connectivity index (χ2v) is 3.53. The van der Waals surface area contributed by atoms with Crippen LogP contribution in [0.3, 0.4) is 0 Å². The molecule has 0 rings (SSSR count). The van der Waals surface area contributed by atoms with E-state index in [2.05, 4.69) is 10.1 Å². The fraction of sp³-hybridized carbons (Fsp3) is 0.900. The molecule has 2 unspecified atom stereocenters. The second-order valence-electron chi connectivity index (χ2n) is 3.53. The lowest BCUT2D eigenvalue weighted by molar-refractivity contribution is -0.141. The maximum atomic E-state index is 10.9. The molecule has 0 aromatic heterocycles. The lowest BCUT2D eigenvalue weighted by Gasteiger charge is -2.14. The fourth-order valence-electron chi connectivity index (χ4n) is 1.18. The molecule has 0 amide bonds. The van der Waals surface area contributed by atoms with Crippen LogP contribution in [0.5, 0.6) is 0 Å². The predicted octanol–water partition coefficient (Wildman–Crippen LogP) is -0.0750. The number of hydrogen-bond acceptors (Lipinski definition) is 5. The molecule has 0 spiro atoms. The Morgan fingerprint density at radius 3 is 2.67 bits per heavy atom. The van der Waals surface area contributed by atoms with E-state index in [1.165, 1.54) is 7.11 Å². The van der Waals surface area contributed by atoms with E-state index in [0.717, 1.165) is 0 Å². The number of rotatable bonds is 8. The van der Waals surface area contributed by atoms with Gasteiger partial charge in [0.2, 0.25) is 0 Å². The predicted molar refractivity (Wildman–Crippen MR) is 56.6 cm³/mol. The SMILES string of the molecule is COCC(O)CCNC(C)CC(=O)OC. The first-order valence-electron chi connectivity index (χ1n) is 5.07. The molecule has 2 atom stereocenters. The van der Waals surface area contributed by atoms with Gasteiger partial charge in [-0.1, -0.05) is 0 Å². The molecule has 0 saturated heterocycles. The van der Waals surface area contributed by atoms with Crippen molar-refractivity contribution in [1.82, 2.24) is 5.32 Å². The van der Waals surface area contributed by atoms with Gasteiger partial charge in [-0.3, -0.25) is 4.79 Å². The number of methoxy groups -OCH3 is 2. The van der Waals surface area contributed by atoms with Gasteiger partial charge in [-0.05, 0) is 19.9 Å². The molecule has 15 heavy (non-hydrogen) atoms. The van der Waals surface area contributed by atoms with E-state index in [9.17, 15) is 9.90 Å². The largest absolute Gasteiger partial charge is 0.469 e. The summed E-state index contributed by atoms with van der Waals surface area (Å²) in [6, 6.07) is 0.0622. The zero-order valence-electron chi connectivity index (χ0n) is 9.66. The first-order chi connectivity index (χ1) is 7.10. The van der Waals surface area contributed by atoms with Crippen molar-refractivity contribution in [3.63, 3.8) is 0 Å². The van der Waals surface area contributed by atoms with Crippen LogP contribution in [0.25, 0.3) is 0 Å². The molecule has 90 valence electrons. The van der Waals surface area contributed by atoms with Crippen LogP contribution in [0.15, 0.2) is 0 Å². The number of ether oxygens (including phenoxy) is 2. The zero-order chi connectivity index (χ0) is 11.7. The Balaban J connectivity index is 3.45. The standard InChI is InChI=1S/C10H21NO4/c1-8(6-10(13)15-3)11-5-4-9(12)7-14-2/h8-9,11-12H,4-7H2,1-3H3. The van der Waals surface area contributed by atoms with Gasteiger partial charge in [0, 0.05) is 13.2 Å². The highest BCUT2D eigenvalue weighted by Crippen LogP contribution is 1.95. The van der Waals surface area contributed by atoms with Gasteiger partial charge >= 0.3 is 5.97 Å². The summed E-state index contributed by atoms with van der Waals surface area (Å²) in [7, 11) is 2.92. The van der Waals surface area contributed by atoms with Gasteiger partial charge in [-0.15, -0.1) is 0 Å². The first-order valence-corrected chi connectivity index (χ1v) is 5.07. The Morgan fingerprint density at radius 1 is 1.47 bits per heavy atom. The molecule has 5 heteroatoms. The molecule has 0 aliphatic rings. The van der Waals surface area contributed by atoms with Crippen molar-refractivity contribution in [2.45, 2.75) is 31.9 Å². The van der Waals surface area contributed by atoms with Crippen LogP contribution in [0.4, 0.5) is 0 Å². The molecular formula is C10H21NO4. The summed E-state index contributed by atoms with van der Waals surface area (Å²) in [4.78, 5) is 10.9. The van der Waals surface area contributed by atoms with E-state index in [1.54, 1.807) is 7.11 Å². The molecule has 0 bridgehead atoms. The second kappa shape index (κ2) is 8.64. The topological polar surface area (TPSA) is 67.8 Å². The van der Waals surface area contributed by atoms with Crippen molar-refractivity contribution in [3.05, 3.63) is 0 Å². The molecule has 0 aliphatic carbocycles. The van der Waals surface area contributed by atoms with Crippen molar-refractivity contribution in [3.8, 4) is 0 Å². The highest BCUT2D eigenvalue weighted by Gasteiger charge is 2.09. The van der Waals surface area contributed by atoms with E-state index < -0.39 is 6.10 Å². The van der Waals surface area contributed by atoms with Crippen LogP contribution >= 0.6 is 0 Å². The molecule has 0 aromatic carbocycles. The van der Waals surface area contributed by atoms with Crippen LogP contribution in [-0.4, -0.2) is 50.6 Å². The molecule has 5 nitrogen and oxygen atoms in total. The lowest BCUT2D eigenvalue weighted by Crippen LogP contribution is -2.32. The highest BCUT2D eigenvalue weighted by molar-refractivity contribution is 5.69. The molecule has 0 radical (unpaired) electrons. The maximum absolute atomic E-state index is 10.9. The summed E-state index contributed by atoms with van der Waals surface area (Å²) in [6.45, 7) is 2.90. The van der Waals surface area contributed by atoms with Gasteiger partial charge in [0.25, 0.3) is 0 Å². The third kappa shape index (κ3) is 8.35. The molecule has 0 aromatic rings. The zero-order valence-corrected chi connectivity index (χ0v) is 9.66. The van der Waals surface area contributed by atoms with Crippen LogP contribution in [0, 0.1) is 0 Å². The van der Waals surface area contributed by atoms with E-state index in [0.29, 0.717) is 26.0 Å². The van der Waals surface area contributed by atoms with Gasteiger partial charge in [-0.2, -0.15) is 0 Å². The number of carbonyl (C=O) groups excluding carboxylic acids is 1. The Bertz CT molecular complexity index is 175. The van der Waals surface area contributed by atoms with Gasteiger partial charge in [-0.25, -0.2) is 0 Å². The maximum Gasteiger partial charge on any atom is 0.307 e. The van der Waals surface area contributed by atoms with Crippen LogP contribution < -0.4 is 5.32 Å². The molecule has 0 fully saturated rings. The number of carbonyl (C=O) groups is 1. The lowest BCUT2D eigenvalue weighted by atomic mass is 10.2. The van der Waals surface area contributed by atoms with Crippen LogP contribution in [0.1, 0.15) is 19.8 Å². The van der Waals surface area contributed by atoms with Crippen molar-refractivity contribution in [1.29, 1.82) is 0 Å². The normalized spacial score (nSPS) is 14.7. The average Bonchev–Trinajstić information content (AvgIpc) is 2.18. The van der Waals surface area contributed by atoms with Crippen molar-refractivity contribution >= 4 is 5.97 Å². The van der Waals surface area contributed by atoms with Gasteiger partial charge in [0.05, 0.1) is 26.2 Å². The summed E-state index contributed by atoms with van der Waals surface area (Å²) in [5.41, 5.74) is 0. The summed E-state index contributed by atoms with van der Waals surface area (Å²) in [5, 5.41) is 12.5. The molecule has 0 saturated carbocycles. The quantitative estimate of drug-likeness (QED) is 0.559. The van der Waals surface area contributed by atoms with Crippen molar-refractivity contribution in [2.75, 3.05) is 27.4 Å². The van der Waals surface area contributed by atoms with E-state index >= 15 is 0 Å². The molecule has 2 N–H and O–H groups in total. The Labute approximate surface area is 90.8 Å².